The van der Waals surface area contributed by atoms with Gasteiger partial charge in [0.2, 0.25) is 20.7 Å². The fourth-order valence-corrected chi connectivity index (χ4v) is 6.99. The molecule has 2 atom stereocenters. The summed E-state index contributed by atoms with van der Waals surface area (Å²) in [4.78, 5) is 7.04. The lowest BCUT2D eigenvalue weighted by atomic mass is 9.81. The number of nitrogens with zero attached hydrogens (tertiary/aromatic N) is 4. The topological polar surface area (TPSA) is 127 Å². The number of nitrogens with one attached hydrogen (secondary N) is 2. The third-order valence-electron chi connectivity index (χ3n) is 8.21. The predicted molar refractivity (Wildman–Crippen MR) is 159 cm³/mol. The molecule has 10 nitrogen and oxygen atoms in total. The van der Waals surface area contributed by atoms with Crippen LogP contribution in [0.25, 0.3) is 0 Å². The van der Waals surface area contributed by atoms with Crippen molar-refractivity contribution in [2.45, 2.75) is 94.9 Å². The van der Waals surface area contributed by atoms with Gasteiger partial charge in [0.05, 0.1) is 22.7 Å². The molecule has 0 saturated carbocycles. The fraction of sp³-hybridized carbons (Fsp3) is 0.586. The van der Waals surface area contributed by atoms with E-state index in [9.17, 15) is 8.42 Å². The zero-order chi connectivity index (χ0) is 29.0. The molecule has 4 N–H and O–H groups in total. The number of hydrogen-bond acceptors (Lipinski definition) is 9. The van der Waals surface area contributed by atoms with Crippen molar-refractivity contribution in [3.8, 4) is 5.75 Å². The van der Waals surface area contributed by atoms with Crippen molar-refractivity contribution < 1.29 is 13.2 Å². The van der Waals surface area contributed by atoms with Gasteiger partial charge in [-0.3, -0.25) is 10.4 Å². The van der Waals surface area contributed by atoms with Gasteiger partial charge in [-0.25, -0.2) is 13.4 Å². The summed E-state index contributed by atoms with van der Waals surface area (Å²) in [6.07, 6.45) is 8.26. The number of allylic oxidation sites excluding steroid dienone is 1. The van der Waals surface area contributed by atoms with E-state index in [-0.39, 0.29) is 17.2 Å². The molecule has 2 unspecified atom stereocenters. The Morgan fingerprint density at radius 3 is 2.58 bits per heavy atom. The minimum absolute atomic E-state index is 0.00658. The fourth-order valence-electron chi connectivity index (χ4n) is 5.92. The molecule has 3 aliphatic rings. The lowest BCUT2D eigenvalue weighted by Gasteiger charge is -2.35. The van der Waals surface area contributed by atoms with Gasteiger partial charge in [-0.1, -0.05) is 0 Å². The monoisotopic (exact) mass is 569 g/mol. The maximum Gasteiger partial charge on any atom is 0.213 e. The number of benzene rings is 1. The lowest BCUT2D eigenvalue weighted by Crippen LogP contribution is -2.51. The van der Waals surface area contributed by atoms with Crippen molar-refractivity contribution in [2.24, 2.45) is 10.7 Å². The number of nitrogens with two attached hydrogens (primary N) is 1. The molecule has 1 fully saturated rings. The number of hydrogen-bond donors (Lipinski definition) is 3. The first-order chi connectivity index (χ1) is 18.8. The molecule has 5 rings (SSSR count). The Morgan fingerprint density at radius 2 is 1.93 bits per heavy atom. The quantitative estimate of drug-likeness (QED) is 0.460. The summed E-state index contributed by atoms with van der Waals surface area (Å²) in [6.45, 7) is 13.7. The van der Waals surface area contributed by atoms with Gasteiger partial charge in [0.25, 0.3) is 0 Å². The first-order valence-corrected chi connectivity index (χ1v) is 15.8. The van der Waals surface area contributed by atoms with E-state index >= 15 is 0 Å². The Balaban J connectivity index is 1.48. The maximum atomic E-state index is 13.1. The summed E-state index contributed by atoms with van der Waals surface area (Å²) < 4.78 is 34.3. The van der Waals surface area contributed by atoms with Crippen LogP contribution in [0.1, 0.15) is 81.7 Å². The maximum absolute atomic E-state index is 13.1. The summed E-state index contributed by atoms with van der Waals surface area (Å²) in [7, 11) is -1.45. The third-order valence-corrected chi connectivity index (χ3v) is 10.3. The SMILES string of the molecule is Cc1cc(C2(N)N=CC=C(Nc3cn(C(C)C)nc3S(=O)(=O)C(C)C)N2)c2c(c1C1CCN(C)CC1)CC(C)O2. The number of sulfone groups is 1. The molecule has 3 aliphatic heterocycles. The number of rotatable bonds is 7. The molecule has 0 amide bonds. The molecular weight excluding hydrogens is 526 g/mol. The zero-order valence-electron chi connectivity index (χ0n) is 24.7. The standard InChI is InChI=1S/C29H43N7O3S/c1-17(2)36-16-24(28(34-36)40(37,38)18(3)4)32-25-8-11-31-29(30,33-25)23-14-19(5)26(21-9-12-35(7)13-10-21)22-15-20(6)39-27(22)23/h8,11,14,16-18,20-21,32-33H,9-10,12-13,15,30H2,1-7H3. The van der Waals surface area contributed by atoms with Crippen LogP contribution in [0.4, 0.5) is 5.69 Å². The Bertz CT molecular complexity index is 1450. The van der Waals surface area contributed by atoms with E-state index in [1.807, 2.05) is 13.8 Å². The highest BCUT2D eigenvalue weighted by Crippen LogP contribution is 2.45. The van der Waals surface area contributed by atoms with Gasteiger partial charge in [0.1, 0.15) is 17.7 Å². The first kappa shape index (κ1) is 28.6. The molecule has 2 aromatic rings. The van der Waals surface area contributed by atoms with Crippen molar-refractivity contribution in [1.82, 2.24) is 20.0 Å². The lowest BCUT2D eigenvalue weighted by molar-refractivity contribution is 0.245. The molecule has 0 aliphatic carbocycles. The van der Waals surface area contributed by atoms with Crippen LogP contribution in [0.3, 0.4) is 0 Å². The number of aliphatic imine (C=N–C) groups is 1. The molecule has 1 aromatic carbocycles. The van der Waals surface area contributed by atoms with E-state index in [4.69, 9.17) is 10.5 Å². The average molecular weight is 570 g/mol. The van der Waals surface area contributed by atoms with Gasteiger partial charge < -0.3 is 20.3 Å². The van der Waals surface area contributed by atoms with Gasteiger partial charge in [0.15, 0.2) is 0 Å². The number of aromatic nitrogens is 2. The minimum atomic E-state index is -3.63. The largest absolute Gasteiger partial charge is 0.490 e. The van der Waals surface area contributed by atoms with E-state index in [0.717, 1.165) is 43.7 Å². The van der Waals surface area contributed by atoms with Crippen LogP contribution >= 0.6 is 0 Å². The van der Waals surface area contributed by atoms with Crippen LogP contribution in [-0.2, 0) is 22.0 Å². The predicted octanol–water partition coefficient (Wildman–Crippen LogP) is 3.78. The van der Waals surface area contributed by atoms with Crippen molar-refractivity contribution in [3.05, 3.63) is 46.4 Å². The molecular formula is C29H43N7O3S. The van der Waals surface area contributed by atoms with Crippen molar-refractivity contribution in [3.63, 3.8) is 0 Å². The summed E-state index contributed by atoms with van der Waals surface area (Å²) in [6, 6.07) is 2.11. The van der Waals surface area contributed by atoms with Crippen molar-refractivity contribution in [1.29, 1.82) is 0 Å². The number of piperidine rings is 1. The zero-order valence-corrected chi connectivity index (χ0v) is 25.5. The van der Waals surface area contributed by atoms with Crippen molar-refractivity contribution in [2.75, 3.05) is 25.5 Å². The second-order valence-corrected chi connectivity index (χ2v) is 14.5. The van der Waals surface area contributed by atoms with Gasteiger partial charge >= 0.3 is 0 Å². The van der Waals surface area contributed by atoms with Gasteiger partial charge in [-0.05, 0) is 104 Å². The Hall–Kier alpha value is -2.89. The van der Waals surface area contributed by atoms with Gasteiger partial charge in [-0.15, -0.1) is 0 Å². The number of anilines is 1. The normalized spacial score (nSPS) is 23.8. The van der Waals surface area contributed by atoms with Gasteiger partial charge in [0, 0.05) is 24.2 Å². The van der Waals surface area contributed by atoms with Crippen LogP contribution < -0.4 is 21.1 Å². The molecule has 1 saturated heterocycles. The Kier molecular flexibility index (Phi) is 7.52. The number of aryl methyl sites for hydroxylation is 1. The van der Waals surface area contributed by atoms with Gasteiger partial charge in [-0.2, -0.15) is 5.10 Å². The van der Waals surface area contributed by atoms with Crippen LogP contribution in [0.2, 0.25) is 0 Å². The summed E-state index contributed by atoms with van der Waals surface area (Å²) in [5, 5.41) is 10.4. The van der Waals surface area contributed by atoms with E-state index in [1.165, 1.54) is 16.7 Å². The highest BCUT2D eigenvalue weighted by molar-refractivity contribution is 7.92. The van der Waals surface area contributed by atoms with E-state index in [2.05, 4.69) is 52.6 Å². The third kappa shape index (κ3) is 5.14. The summed E-state index contributed by atoms with van der Waals surface area (Å²) >= 11 is 0. The van der Waals surface area contributed by atoms with E-state index < -0.39 is 20.9 Å². The number of ether oxygens (including phenoxy) is 1. The highest BCUT2D eigenvalue weighted by Gasteiger charge is 2.39. The van der Waals surface area contributed by atoms with Crippen molar-refractivity contribution >= 4 is 21.7 Å². The smallest absolute Gasteiger partial charge is 0.213 e. The molecule has 0 spiro atoms. The van der Waals surface area contributed by atoms with Crippen LogP contribution in [-0.4, -0.2) is 60.8 Å². The van der Waals surface area contributed by atoms with Crippen LogP contribution in [0, 0.1) is 6.92 Å². The molecule has 218 valence electrons. The van der Waals surface area contributed by atoms with E-state index in [1.54, 1.807) is 37.0 Å². The average Bonchev–Trinajstić information content (AvgIpc) is 3.48. The molecule has 40 heavy (non-hydrogen) atoms. The molecule has 0 bridgehead atoms. The highest BCUT2D eigenvalue weighted by atomic mass is 32.2. The Labute approximate surface area is 238 Å². The number of fused-ring (bicyclic) bond motifs is 1. The first-order valence-electron chi connectivity index (χ1n) is 14.2. The molecule has 11 heteroatoms. The van der Waals surface area contributed by atoms with E-state index in [0.29, 0.717) is 17.4 Å². The Morgan fingerprint density at radius 1 is 1.23 bits per heavy atom. The van der Waals surface area contributed by atoms with Crippen LogP contribution in [0.5, 0.6) is 5.75 Å². The summed E-state index contributed by atoms with van der Waals surface area (Å²) in [5.41, 5.74) is 12.0. The second kappa shape index (κ2) is 10.5. The number of likely N-dealkylation sites (tertiary alicyclic amines) is 1. The minimum Gasteiger partial charge on any atom is -0.490 e. The summed E-state index contributed by atoms with van der Waals surface area (Å²) in [5.74, 6) is 0.543. The molecule has 0 radical (unpaired) electrons. The second-order valence-electron chi connectivity index (χ2n) is 12.1. The molecule has 4 heterocycles. The molecule has 1 aromatic heterocycles. The van der Waals surface area contributed by atoms with Crippen LogP contribution in [0.15, 0.2) is 34.2 Å².